The summed E-state index contributed by atoms with van der Waals surface area (Å²) in [5.74, 6) is 0.847. The van der Waals surface area contributed by atoms with Crippen molar-refractivity contribution in [1.29, 1.82) is 0 Å². The highest BCUT2D eigenvalue weighted by molar-refractivity contribution is 5.87. The van der Waals surface area contributed by atoms with Gasteiger partial charge in [0.05, 0.1) is 26.0 Å². The average Bonchev–Trinajstić information content (AvgIpc) is 2.87. The smallest absolute Gasteiger partial charge is 0.335 e. The predicted molar refractivity (Wildman–Crippen MR) is 125 cm³/mol. The van der Waals surface area contributed by atoms with E-state index in [0.29, 0.717) is 28.6 Å². The van der Waals surface area contributed by atoms with E-state index in [2.05, 4.69) is 10.5 Å². The van der Waals surface area contributed by atoms with Crippen LogP contribution in [0.4, 0.5) is 0 Å². The van der Waals surface area contributed by atoms with Crippen LogP contribution >= 0.6 is 0 Å². The van der Waals surface area contributed by atoms with Crippen molar-refractivity contribution in [2.24, 2.45) is 5.10 Å². The first-order valence-electron chi connectivity index (χ1n) is 10.2. The summed E-state index contributed by atoms with van der Waals surface area (Å²) in [4.78, 5) is 22.9. The highest BCUT2D eigenvalue weighted by Crippen LogP contribution is 2.28. The van der Waals surface area contributed by atoms with Crippen LogP contribution in [0.1, 0.15) is 21.5 Å². The maximum Gasteiger partial charge on any atom is 0.335 e. The number of ether oxygens (including phenoxy) is 4. The number of hydrogen-bond acceptors (Lipinski definition) is 7. The number of hydrogen-bond donors (Lipinski definition) is 2. The van der Waals surface area contributed by atoms with E-state index >= 15 is 0 Å². The molecule has 0 fully saturated rings. The Balaban J connectivity index is 1.50. The summed E-state index contributed by atoms with van der Waals surface area (Å²) in [5.41, 5.74) is 4.12. The Bertz CT molecular complexity index is 1140. The van der Waals surface area contributed by atoms with E-state index in [0.717, 1.165) is 5.56 Å². The Hall–Kier alpha value is -4.53. The normalized spacial score (nSPS) is 10.5. The zero-order valence-electron chi connectivity index (χ0n) is 18.7. The maximum atomic E-state index is 11.9. The van der Waals surface area contributed by atoms with Gasteiger partial charge in [-0.3, -0.25) is 4.79 Å². The van der Waals surface area contributed by atoms with E-state index in [1.54, 1.807) is 61.7 Å². The number of aromatic carboxylic acids is 1. The SMILES string of the molecule is COc1ccc(OCC(=O)N/N=C/c2ccc(OCc3ccc(C(=O)O)cc3)c(OC)c2)cc1. The number of benzene rings is 3. The molecule has 34 heavy (non-hydrogen) atoms. The van der Waals surface area contributed by atoms with E-state index in [4.69, 9.17) is 24.1 Å². The molecule has 0 bridgehead atoms. The van der Waals surface area contributed by atoms with Crippen molar-refractivity contribution in [3.05, 3.63) is 83.4 Å². The zero-order valence-corrected chi connectivity index (χ0v) is 18.7. The third-order valence-electron chi connectivity index (χ3n) is 4.62. The summed E-state index contributed by atoms with van der Waals surface area (Å²) in [6.07, 6.45) is 1.47. The third-order valence-corrected chi connectivity index (χ3v) is 4.62. The van der Waals surface area contributed by atoms with Crippen LogP contribution in [0.2, 0.25) is 0 Å². The fourth-order valence-electron chi connectivity index (χ4n) is 2.82. The van der Waals surface area contributed by atoms with Gasteiger partial charge >= 0.3 is 5.97 Å². The Morgan fingerprint density at radius 3 is 2.24 bits per heavy atom. The van der Waals surface area contributed by atoms with Gasteiger partial charge in [0.2, 0.25) is 0 Å². The molecule has 2 N–H and O–H groups in total. The maximum absolute atomic E-state index is 11.9. The molecule has 3 aromatic carbocycles. The summed E-state index contributed by atoms with van der Waals surface area (Å²) < 4.78 is 21.6. The molecule has 0 atom stereocenters. The molecule has 0 saturated heterocycles. The number of carbonyl (C=O) groups excluding carboxylic acids is 1. The predicted octanol–water partition coefficient (Wildman–Crippen LogP) is 3.51. The molecule has 0 saturated carbocycles. The molecule has 0 aliphatic rings. The van der Waals surface area contributed by atoms with Crippen molar-refractivity contribution in [3.63, 3.8) is 0 Å². The Morgan fingerprint density at radius 1 is 0.882 bits per heavy atom. The van der Waals surface area contributed by atoms with Crippen LogP contribution in [0.15, 0.2) is 71.8 Å². The highest BCUT2D eigenvalue weighted by Gasteiger charge is 2.07. The van der Waals surface area contributed by atoms with E-state index < -0.39 is 11.9 Å². The quantitative estimate of drug-likeness (QED) is 0.330. The van der Waals surface area contributed by atoms with Crippen molar-refractivity contribution in [3.8, 4) is 23.0 Å². The molecule has 0 radical (unpaired) electrons. The van der Waals surface area contributed by atoms with Gasteiger partial charge in [0, 0.05) is 0 Å². The lowest BCUT2D eigenvalue weighted by molar-refractivity contribution is -0.123. The minimum absolute atomic E-state index is 0.187. The van der Waals surface area contributed by atoms with Crippen LogP contribution in [0.5, 0.6) is 23.0 Å². The summed E-state index contributed by atoms with van der Waals surface area (Å²) in [7, 11) is 3.09. The van der Waals surface area contributed by atoms with Crippen molar-refractivity contribution < 1.29 is 33.6 Å². The van der Waals surface area contributed by atoms with E-state index in [1.165, 1.54) is 25.5 Å². The van der Waals surface area contributed by atoms with Gasteiger partial charge in [-0.15, -0.1) is 0 Å². The number of nitrogens with one attached hydrogen (secondary N) is 1. The minimum Gasteiger partial charge on any atom is -0.497 e. The second-order valence-corrected chi connectivity index (χ2v) is 6.96. The Morgan fingerprint density at radius 2 is 1.59 bits per heavy atom. The first-order valence-corrected chi connectivity index (χ1v) is 10.2. The molecular weight excluding hydrogens is 440 g/mol. The molecule has 9 heteroatoms. The van der Waals surface area contributed by atoms with Gasteiger partial charge in [-0.1, -0.05) is 12.1 Å². The van der Waals surface area contributed by atoms with Crippen molar-refractivity contribution in [2.45, 2.75) is 6.61 Å². The van der Waals surface area contributed by atoms with Gasteiger partial charge in [-0.25, -0.2) is 10.2 Å². The van der Waals surface area contributed by atoms with Gasteiger partial charge in [0.15, 0.2) is 18.1 Å². The first kappa shape index (κ1) is 24.1. The van der Waals surface area contributed by atoms with Crippen LogP contribution in [0.25, 0.3) is 0 Å². The number of amides is 1. The number of nitrogens with zero attached hydrogens (tertiary/aromatic N) is 1. The summed E-state index contributed by atoms with van der Waals surface area (Å²) in [6.45, 7) is 0.0567. The average molecular weight is 464 g/mol. The van der Waals surface area contributed by atoms with Crippen LogP contribution in [-0.4, -0.2) is 44.0 Å². The molecule has 3 rings (SSSR count). The van der Waals surface area contributed by atoms with E-state index in [1.807, 2.05) is 0 Å². The molecule has 0 heterocycles. The van der Waals surface area contributed by atoms with E-state index in [-0.39, 0.29) is 18.8 Å². The number of carboxylic acid groups (broad SMARTS) is 1. The third kappa shape index (κ3) is 6.99. The largest absolute Gasteiger partial charge is 0.497 e. The number of methoxy groups -OCH3 is 2. The summed E-state index contributed by atoms with van der Waals surface area (Å²) in [5, 5.41) is 12.9. The molecule has 0 aromatic heterocycles. The van der Waals surface area contributed by atoms with Crippen molar-refractivity contribution in [2.75, 3.05) is 20.8 Å². The molecule has 0 spiro atoms. The van der Waals surface area contributed by atoms with Gasteiger partial charge in [0.1, 0.15) is 18.1 Å². The number of hydrazone groups is 1. The lowest BCUT2D eigenvalue weighted by Gasteiger charge is -2.11. The highest BCUT2D eigenvalue weighted by atomic mass is 16.5. The topological polar surface area (TPSA) is 116 Å². The Kier molecular flexibility index (Phi) is 8.45. The zero-order chi connectivity index (χ0) is 24.3. The fourth-order valence-corrected chi connectivity index (χ4v) is 2.82. The lowest BCUT2D eigenvalue weighted by Crippen LogP contribution is -2.24. The Labute approximate surface area is 196 Å². The number of carboxylic acids is 1. The molecule has 0 aliphatic heterocycles. The van der Waals surface area contributed by atoms with Gasteiger partial charge < -0.3 is 24.1 Å². The second-order valence-electron chi connectivity index (χ2n) is 6.96. The fraction of sp³-hybridized carbons (Fsp3) is 0.160. The lowest BCUT2D eigenvalue weighted by atomic mass is 10.1. The van der Waals surface area contributed by atoms with Crippen LogP contribution in [-0.2, 0) is 11.4 Å². The van der Waals surface area contributed by atoms with Gasteiger partial charge in [-0.05, 0) is 65.7 Å². The van der Waals surface area contributed by atoms with Crippen molar-refractivity contribution >= 4 is 18.1 Å². The number of rotatable bonds is 11. The first-order chi connectivity index (χ1) is 16.5. The summed E-state index contributed by atoms with van der Waals surface area (Å²) in [6, 6.07) is 18.5. The van der Waals surface area contributed by atoms with Crippen molar-refractivity contribution in [1.82, 2.24) is 5.43 Å². The molecule has 0 aliphatic carbocycles. The molecule has 176 valence electrons. The number of carbonyl (C=O) groups is 2. The van der Waals surface area contributed by atoms with Crippen LogP contribution < -0.4 is 24.4 Å². The van der Waals surface area contributed by atoms with Gasteiger partial charge in [-0.2, -0.15) is 5.10 Å². The molecule has 9 nitrogen and oxygen atoms in total. The standard InChI is InChI=1S/C25H24N2O7/c1-31-20-8-10-21(11-9-20)33-16-24(28)27-26-14-18-5-12-22(23(13-18)32-2)34-15-17-3-6-19(7-4-17)25(29)30/h3-14H,15-16H2,1-2H3,(H,27,28)(H,29,30)/b26-14+. The monoisotopic (exact) mass is 464 g/mol. The molecule has 0 unspecified atom stereocenters. The molecule has 3 aromatic rings. The summed E-state index contributed by atoms with van der Waals surface area (Å²) >= 11 is 0. The van der Waals surface area contributed by atoms with Gasteiger partial charge in [0.25, 0.3) is 5.91 Å². The van der Waals surface area contributed by atoms with Crippen LogP contribution in [0.3, 0.4) is 0 Å². The molecular formula is C25H24N2O7. The second kappa shape index (κ2) is 11.9. The van der Waals surface area contributed by atoms with Crippen LogP contribution in [0, 0.1) is 0 Å². The van der Waals surface area contributed by atoms with E-state index in [9.17, 15) is 9.59 Å². The minimum atomic E-state index is -0.979. The molecule has 1 amide bonds.